The molecule has 2 amide bonds. The van der Waals surface area contributed by atoms with Crippen molar-refractivity contribution in [2.75, 3.05) is 0 Å². The summed E-state index contributed by atoms with van der Waals surface area (Å²) in [5.74, 6) is -0.486. The van der Waals surface area contributed by atoms with Crippen molar-refractivity contribution in [2.24, 2.45) is 10.2 Å². The van der Waals surface area contributed by atoms with E-state index in [1.165, 1.54) is 12.1 Å². The molecule has 6 nitrogen and oxygen atoms in total. The van der Waals surface area contributed by atoms with E-state index in [1.54, 1.807) is 12.1 Å². The number of imide groups is 1. The molecule has 0 spiro atoms. The third-order valence-corrected chi connectivity index (χ3v) is 3.79. The summed E-state index contributed by atoms with van der Waals surface area (Å²) < 4.78 is 0. The fraction of sp³-hybridized carbons (Fsp3) is 0. The van der Waals surface area contributed by atoms with Crippen molar-refractivity contribution in [1.29, 1.82) is 0 Å². The van der Waals surface area contributed by atoms with Gasteiger partial charge in [-0.3, -0.25) is 14.9 Å². The average molecular weight is 325 g/mol. The second kappa shape index (κ2) is 6.45. The number of hydrogen-bond acceptors (Lipinski definition) is 6. The first-order chi connectivity index (χ1) is 11.1. The van der Waals surface area contributed by atoms with Gasteiger partial charge < -0.3 is 5.11 Å². The van der Waals surface area contributed by atoms with E-state index < -0.39 is 11.1 Å². The maximum absolute atomic E-state index is 11.6. The van der Waals surface area contributed by atoms with Gasteiger partial charge in [0.15, 0.2) is 0 Å². The molecule has 2 aromatic rings. The second-order valence-electron chi connectivity index (χ2n) is 4.63. The minimum atomic E-state index is -0.476. The van der Waals surface area contributed by atoms with E-state index in [9.17, 15) is 14.7 Å². The average Bonchev–Trinajstić information content (AvgIpc) is 2.86. The van der Waals surface area contributed by atoms with Gasteiger partial charge in [0.2, 0.25) is 0 Å². The van der Waals surface area contributed by atoms with Crippen molar-refractivity contribution in [3.05, 3.63) is 59.0 Å². The van der Waals surface area contributed by atoms with Gasteiger partial charge >= 0.3 is 0 Å². The van der Waals surface area contributed by atoms with Crippen LogP contribution in [-0.4, -0.2) is 16.3 Å². The van der Waals surface area contributed by atoms with E-state index in [1.807, 2.05) is 30.3 Å². The van der Waals surface area contributed by atoms with Crippen molar-refractivity contribution >= 4 is 40.4 Å². The summed E-state index contributed by atoms with van der Waals surface area (Å²) >= 11 is 0.790. The van der Waals surface area contributed by atoms with Gasteiger partial charge in [-0.15, -0.1) is 0 Å². The van der Waals surface area contributed by atoms with Gasteiger partial charge in [-0.2, -0.15) is 10.2 Å². The van der Waals surface area contributed by atoms with Crippen LogP contribution < -0.4 is 5.32 Å². The number of hydrogen-bond donors (Lipinski definition) is 2. The van der Waals surface area contributed by atoms with E-state index in [0.717, 1.165) is 11.8 Å². The molecule has 0 unspecified atom stereocenters. The molecule has 1 fully saturated rings. The van der Waals surface area contributed by atoms with Crippen LogP contribution >= 0.6 is 11.8 Å². The molecule has 2 aromatic carbocycles. The van der Waals surface area contributed by atoms with E-state index >= 15 is 0 Å². The number of nitrogens with zero attached hydrogens (tertiary/aromatic N) is 2. The Bertz CT molecular complexity index is 832. The lowest BCUT2D eigenvalue weighted by Gasteiger charge is -2.01. The Balaban J connectivity index is 1.88. The highest BCUT2D eigenvalue weighted by Crippen LogP contribution is 2.31. The van der Waals surface area contributed by atoms with Gasteiger partial charge in [0.05, 0.1) is 16.3 Å². The first kappa shape index (κ1) is 15.0. The molecule has 0 bridgehead atoms. The highest BCUT2D eigenvalue weighted by atomic mass is 32.2. The largest absolute Gasteiger partial charge is 0.507 e. The van der Waals surface area contributed by atoms with E-state index in [0.29, 0.717) is 16.9 Å². The van der Waals surface area contributed by atoms with Crippen LogP contribution in [0.25, 0.3) is 6.08 Å². The molecule has 114 valence electrons. The topological polar surface area (TPSA) is 91.1 Å². The molecule has 2 N–H and O–H groups in total. The summed E-state index contributed by atoms with van der Waals surface area (Å²) in [6, 6.07) is 13.9. The summed E-state index contributed by atoms with van der Waals surface area (Å²) in [5.41, 5.74) is 1.62. The number of azo groups is 1. The van der Waals surface area contributed by atoms with Crippen LogP contribution in [0.2, 0.25) is 0 Å². The number of amides is 2. The molecule has 1 heterocycles. The van der Waals surface area contributed by atoms with Crippen LogP contribution in [0.3, 0.4) is 0 Å². The van der Waals surface area contributed by atoms with Gasteiger partial charge in [-0.25, -0.2) is 0 Å². The lowest BCUT2D eigenvalue weighted by molar-refractivity contribution is -0.115. The maximum atomic E-state index is 11.6. The van der Waals surface area contributed by atoms with E-state index in [-0.39, 0.29) is 10.7 Å². The fourth-order valence-corrected chi connectivity index (χ4v) is 2.57. The smallest absolute Gasteiger partial charge is 0.290 e. The Labute approximate surface area is 135 Å². The molecule has 1 saturated heterocycles. The molecular formula is C16H11N3O3S. The van der Waals surface area contributed by atoms with E-state index in [4.69, 9.17) is 0 Å². The molecule has 0 atom stereocenters. The zero-order valence-electron chi connectivity index (χ0n) is 11.8. The summed E-state index contributed by atoms with van der Waals surface area (Å²) in [6.45, 7) is 0. The highest BCUT2D eigenvalue weighted by molar-refractivity contribution is 8.18. The highest BCUT2D eigenvalue weighted by Gasteiger charge is 2.25. The lowest BCUT2D eigenvalue weighted by Crippen LogP contribution is -2.17. The molecular weight excluding hydrogens is 314 g/mol. The Morgan fingerprint density at radius 2 is 1.74 bits per heavy atom. The molecule has 0 saturated carbocycles. The minimum absolute atomic E-state index is 0.0103. The van der Waals surface area contributed by atoms with Gasteiger partial charge in [-0.1, -0.05) is 18.2 Å². The quantitative estimate of drug-likeness (QED) is 0.655. The van der Waals surface area contributed by atoms with Gasteiger partial charge in [-0.05, 0) is 48.2 Å². The summed E-state index contributed by atoms with van der Waals surface area (Å²) in [7, 11) is 0. The molecule has 23 heavy (non-hydrogen) atoms. The van der Waals surface area contributed by atoms with Crippen molar-refractivity contribution < 1.29 is 14.7 Å². The van der Waals surface area contributed by atoms with Crippen LogP contribution in [0.15, 0.2) is 63.7 Å². The molecule has 1 aliphatic heterocycles. The fourth-order valence-electron chi connectivity index (χ4n) is 1.89. The first-order valence-corrected chi connectivity index (χ1v) is 7.48. The summed E-state index contributed by atoms with van der Waals surface area (Å²) in [6.07, 6.45) is 1.45. The molecule has 3 rings (SSSR count). The predicted octanol–water partition coefficient (Wildman–Crippen LogP) is 4.13. The monoisotopic (exact) mass is 325 g/mol. The van der Waals surface area contributed by atoms with Gasteiger partial charge in [0, 0.05) is 5.56 Å². The van der Waals surface area contributed by atoms with Crippen molar-refractivity contribution in [3.63, 3.8) is 0 Å². The predicted molar refractivity (Wildman–Crippen MR) is 87.8 cm³/mol. The van der Waals surface area contributed by atoms with E-state index in [2.05, 4.69) is 15.5 Å². The zero-order chi connectivity index (χ0) is 16.2. The third-order valence-electron chi connectivity index (χ3n) is 2.98. The van der Waals surface area contributed by atoms with Crippen molar-refractivity contribution in [3.8, 4) is 5.75 Å². The summed E-state index contributed by atoms with van der Waals surface area (Å²) in [5, 5.41) is 19.8. The van der Waals surface area contributed by atoms with Crippen LogP contribution in [0.4, 0.5) is 16.2 Å². The Kier molecular flexibility index (Phi) is 4.20. The second-order valence-corrected chi connectivity index (χ2v) is 5.65. The molecule has 0 aliphatic carbocycles. The number of benzene rings is 2. The number of carbonyl (C=O) groups excluding carboxylic acids is 2. The standard InChI is InChI=1S/C16H11N3O3S/c20-13-7-6-12(19-18-11-4-2-1-3-5-11)8-10(13)9-14-15(21)17-16(22)23-14/h1-9,20H,(H,17,21,22)/b14-9-,19-18?. The van der Waals surface area contributed by atoms with Gasteiger partial charge in [0.1, 0.15) is 5.75 Å². The Morgan fingerprint density at radius 1 is 1.00 bits per heavy atom. The van der Waals surface area contributed by atoms with Crippen LogP contribution in [0.5, 0.6) is 5.75 Å². The number of aromatic hydroxyl groups is 1. The maximum Gasteiger partial charge on any atom is 0.290 e. The molecule has 1 aliphatic rings. The minimum Gasteiger partial charge on any atom is -0.507 e. The number of rotatable bonds is 3. The number of nitrogens with one attached hydrogen (secondary N) is 1. The number of phenolic OH excluding ortho intramolecular Hbond substituents is 1. The summed E-state index contributed by atoms with van der Waals surface area (Å²) in [4.78, 5) is 22.9. The molecule has 0 aromatic heterocycles. The molecule has 0 radical (unpaired) electrons. The van der Waals surface area contributed by atoms with Crippen LogP contribution in [-0.2, 0) is 4.79 Å². The lowest BCUT2D eigenvalue weighted by atomic mass is 10.1. The first-order valence-electron chi connectivity index (χ1n) is 6.66. The van der Waals surface area contributed by atoms with Crippen molar-refractivity contribution in [2.45, 2.75) is 0 Å². The number of phenols is 1. The van der Waals surface area contributed by atoms with Crippen molar-refractivity contribution in [1.82, 2.24) is 5.32 Å². The number of thioether (sulfide) groups is 1. The molecule has 7 heteroatoms. The number of carbonyl (C=O) groups is 2. The zero-order valence-corrected chi connectivity index (χ0v) is 12.6. The van der Waals surface area contributed by atoms with Gasteiger partial charge in [0.25, 0.3) is 11.1 Å². The normalized spacial score (nSPS) is 16.3. The SMILES string of the molecule is O=C1NC(=O)/C(=C/c2cc(N=Nc3ccccc3)ccc2O)S1. The van der Waals surface area contributed by atoms with Crippen LogP contribution in [0.1, 0.15) is 5.56 Å². The third kappa shape index (κ3) is 3.64. The Hall–Kier alpha value is -2.93. The Morgan fingerprint density at radius 3 is 2.43 bits per heavy atom. The van der Waals surface area contributed by atoms with Crippen LogP contribution in [0, 0.1) is 0 Å².